The minimum absolute atomic E-state index is 0.322. The summed E-state index contributed by atoms with van der Waals surface area (Å²) in [7, 11) is -2.02. The lowest BCUT2D eigenvalue weighted by Crippen LogP contribution is -2.27. The molecule has 2 N–H and O–H groups in total. The average Bonchev–Trinajstić information content (AvgIpc) is 2.38. The van der Waals surface area contributed by atoms with Crippen molar-refractivity contribution in [2.45, 2.75) is 18.7 Å². The number of hydrogen-bond donors (Lipinski definition) is 1. The molecule has 0 bridgehead atoms. The van der Waals surface area contributed by atoms with Crippen LogP contribution in [0.1, 0.15) is 11.1 Å². The van der Waals surface area contributed by atoms with Gasteiger partial charge in [-0.15, -0.1) is 0 Å². The maximum absolute atomic E-state index is 12.6. The molecule has 5 heteroatoms. The summed E-state index contributed by atoms with van der Waals surface area (Å²) < 4.78 is 26.6. The standard InChI is InChI=1S/C15H18N2O2S/c1-11-4-9-15(12(2)10-11)20(18,19)17(3)14-7-5-13(16)6-8-14/h4-10H,16H2,1-3H3. The van der Waals surface area contributed by atoms with Gasteiger partial charge in [-0.25, -0.2) is 8.42 Å². The molecule has 0 unspecified atom stereocenters. The molecular weight excluding hydrogens is 272 g/mol. The van der Waals surface area contributed by atoms with E-state index in [0.717, 1.165) is 11.1 Å². The van der Waals surface area contributed by atoms with Crippen LogP contribution in [0.2, 0.25) is 0 Å². The Morgan fingerprint density at radius 3 is 2.15 bits per heavy atom. The molecule has 2 rings (SSSR count). The topological polar surface area (TPSA) is 63.4 Å². The predicted octanol–water partition coefficient (Wildman–Crippen LogP) is 2.71. The zero-order valence-corrected chi connectivity index (χ0v) is 12.6. The minimum atomic E-state index is -3.56. The molecule has 0 saturated heterocycles. The monoisotopic (exact) mass is 290 g/mol. The van der Waals surface area contributed by atoms with E-state index < -0.39 is 10.0 Å². The number of sulfonamides is 1. The first-order valence-electron chi connectivity index (χ1n) is 6.24. The molecule has 2 aromatic rings. The largest absolute Gasteiger partial charge is 0.399 e. The smallest absolute Gasteiger partial charge is 0.264 e. The molecule has 2 aromatic carbocycles. The van der Waals surface area contributed by atoms with E-state index in [1.54, 1.807) is 50.4 Å². The van der Waals surface area contributed by atoms with Crippen LogP contribution in [0.5, 0.6) is 0 Å². The van der Waals surface area contributed by atoms with E-state index in [1.807, 2.05) is 13.0 Å². The first kappa shape index (κ1) is 14.4. The van der Waals surface area contributed by atoms with E-state index in [9.17, 15) is 8.42 Å². The summed E-state index contributed by atoms with van der Waals surface area (Å²) in [6.07, 6.45) is 0. The van der Waals surface area contributed by atoms with Gasteiger partial charge in [-0.1, -0.05) is 17.7 Å². The third-order valence-corrected chi connectivity index (χ3v) is 5.17. The van der Waals surface area contributed by atoms with E-state index >= 15 is 0 Å². The van der Waals surface area contributed by atoms with Gasteiger partial charge in [0.2, 0.25) is 0 Å². The van der Waals surface area contributed by atoms with Gasteiger partial charge in [-0.3, -0.25) is 4.31 Å². The summed E-state index contributed by atoms with van der Waals surface area (Å²) in [6.45, 7) is 3.74. The fourth-order valence-corrected chi connectivity index (χ4v) is 3.46. The summed E-state index contributed by atoms with van der Waals surface area (Å²) in [6, 6.07) is 12.1. The molecule has 0 aliphatic carbocycles. The van der Waals surface area contributed by atoms with Crippen molar-refractivity contribution >= 4 is 21.4 Å². The first-order valence-corrected chi connectivity index (χ1v) is 7.68. The van der Waals surface area contributed by atoms with Crippen LogP contribution < -0.4 is 10.0 Å². The van der Waals surface area contributed by atoms with Gasteiger partial charge in [-0.2, -0.15) is 0 Å². The Labute approximate surface area is 119 Å². The van der Waals surface area contributed by atoms with Crippen LogP contribution in [0.4, 0.5) is 11.4 Å². The van der Waals surface area contributed by atoms with Crippen molar-refractivity contribution in [1.82, 2.24) is 0 Å². The van der Waals surface area contributed by atoms with E-state index in [1.165, 1.54) is 4.31 Å². The Hall–Kier alpha value is -2.01. The maximum Gasteiger partial charge on any atom is 0.264 e. The number of nitrogen functional groups attached to an aromatic ring is 1. The van der Waals surface area contributed by atoms with Gasteiger partial charge in [0.05, 0.1) is 10.6 Å². The van der Waals surface area contributed by atoms with Crippen molar-refractivity contribution in [1.29, 1.82) is 0 Å². The number of aryl methyl sites for hydroxylation is 2. The summed E-state index contributed by atoms with van der Waals surface area (Å²) in [4.78, 5) is 0.322. The van der Waals surface area contributed by atoms with Gasteiger partial charge in [0.1, 0.15) is 0 Å². The zero-order chi connectivity index (χ0) is 14.9. The number of benzene rings is 2. The lowest BCUT2D eigenvalue weighted by Gasteiger charge is -2.21. The van der Waals surface area contributed by atoms with Gasteiger partial charge in [0, 0.05) is 12.7 Å². The van der Waals surface area contributed by atoms with Crippen molar-refractivity contribution in [3.8, 4) is 0 Å². The molecule has 0 radical (unpaired) electrons. The number of nitrogens with zero attached hydrogens (tertiary/aromatic N) is 1. The highest BCUT2D eigenvalue weighted by atomic mass is 32.2. The number of hydrogen-bond acceptors (Lipinski definition) is 3. The molecule has 106 valence electrons. The second-order valence-corrected chi connectivity index (χ2v) is 6.77. The average molecular weight is 290 g/mol. The molecule has 4 nitrogen and oxygen atoms in total. The molecule has 0 spiro atoms. The predicted molar refractivity (Wildman–Crippen MR) is 82.4 cm³/mol. The van der Waals surface area contributed by atoms with Gasteiger partial charge in [-0.05, 0) is 49.7 Å². The lowest BCUT2D eigenvalue weighted by atomic mass is 10.2. The molecule has 0 saturated carbocycles. The molecule has 20 heavy (non-hydrogen) atoms. The van der Waals surface area contributed by atoms with Gasteiger partial charge in [0.15, 0.2) is 0 Å². The Balaban J connectivity index is 2.46. The second kappa shape index (κ2) is 5.17. The number of rotatable bonds is 3. The lowest BCUT2D eigenvalue weighted by molar-refractivity contribution is 0.594. The van der Waals surface area contributed by atoms with Crippen molar-refractivity contribution in [3.05, 3.63) is 53.6 Å². The van der Waals surface area contributed by atoms with Crippen LogP contribution in [0, 0.1) is 13.8 Å². The zero-order valence-electron chi connectivity index (χ0n) is 11.8. The third-order valence-electron chi connectivity index (χ3n) is 3.23. The fourth-order valence-electron chi connectivity index (χ4n) is 2.06. The SMILES string of the molecule is Cc1ccc(S(=O)(=O)N(C)c2ccc(N)cc2)c(C)c1. The second-order valence-electron chi connectivity index (χ2n) is 4.83. The molecular formula is C15H18N2O2S. The van der Waals surface area contributed by atoms with Crippen LogP contribution in [0.25, 0.3) is 0 Å². The fraction of sp³-hybridized carbons (Fsp3) is 0.200. The van der Waals surface area contributed by atoms with Crippen LogP contribution in [-0.2, 0) is 10.0 Å². The van der Waals surface area contributed by atoms with Crippen molar-refractivity contribution in [2.24, 2.45) is 0 Å². The van der Waals surface area contributed by atoms with E-state index in [4.69, 9.17) is 5.73 Å². The van der Waals surface area contributed by atoms with E-state index in [2.05, 4.69) is 0 Å². The van der Waals surface area contributed by atoms with Crippen LogP contribution in [0.3, 0.4) is 0 Å². The molecule has 0 aliphatic heterocycles. The minimum Gasteiger partial charge on any atom is -0.399 e. The van der Waals surface area contributed by atoms with Crippen molar-refractivity contribution in [3.63, 3.8) is 0 Å². The van der Waals surface area contributed by atoms with Crippen LogP contribution in [-0.4, -0.2) is 15.5 Å². The highest BCUT2D eigenvalue weighted by Crippen LogP contribution is 2.25. The summed E-state index contributed by atoms with van der Waals surface area (Å²) in [5, 5.41) is 0. The Morgan fingerprint density at radius 2 is 1.60 bits per heavy atom. The van der Waals surface area contributed by atoms with Gasteiger partial charge in [0.25, 0.3) is 10.0 Å². The van der Waals surface area contributed by atoms with E-state index in [0.29, 0.717) is 16.3 Å². The summed E-state index contributed by atoms with van der Waals surface area (Å²) in [5.41, 5.74) is 8.59. The van der Waals surface area contributed by atoms with E-state index in [-0.39, 0.29) is 0 Å². The van der Waals surface area contributed by atoms with Crippen LogP contribution >= 0.6 is 0 Å². The molecule has 0 heterocycles. The first-order chi connectivity index (χ1) is 9.32. The summed E-state index contributed by atoms with van der Waals surface area (Å²) in [5.74, 6) is 0. The number of anilines is 2. The van der Waals surface area contributed by atoms with Gasteiger partial charge >= 0.3 is 0 Å². The highest BCUT2D eigenvalue weighted by molar-refractivity contribution is 7.92. The molecule has 0 aromatic heterocycles. The molecule has 0 aliphatic rings. The van der Waals surface area contributed by atoms with Gasteiger partial charge < -0.3 is 5.73 Å². The normalized spacial score (nSPS) is 11.3. The van der Waals surface area contributed by atoms with Crippen LogP contribution in [0.15, 0.2) is 47.4 Å². The Kier molecular flexibility index (Phi) is 3.72. The Bertz CT molecular complexity index is 722. The summed E-state index contributed by atoms with van der Waals surface area (Å²) >= 11 is 0. The molecule has 0 fully saturated rings. The highest BCUT2D eigenvalue weighted by Gasteiger charge is 2.22. The Morgan fingerprint density at radius 1 is 1.00 bits per heavy atom. The molecule has 0 amide bonds. The van der Waals surface area contributed by atoms with Crippen molar-refractivity contribution < 1.29 is 8.42 Å². The van der Waals surface area contributed by atoms with Crippen molar-refractivity contribution in [2.75, 3.05) is 17.1 Å². The molecule has 0 atom stereocenters. The maximum atomic E-state index is 12.6. The third kappa shape index (κ3) is 2.63. The number of nitrogens with two attached hydrogens (primary N) is 1. The quantitative estimate of drug-likeness (QED) is 0.884.